The van der Waals surface area contributed by atoms with E-state index >= 15 is 0 Å². The normalized spacial score (nSPS) is 22.1. The van der Waals surface area contributed by atoms with Gasteiger partial charge < -0.3 is 10.1 Å². The van der Waals surface area contributed by atoms with E-state index in [0.717, 1.165) is 36.3 Å². The summed E-state index contributed by atoms with van der Waals surface area (Å²) in [5, 5.41) is 3.52. The summed E-state index contributed by atoms with van der Waals surface area (Å²) in [5.74, 6) is 1.53. The lowest BCUT2D eigenvalue weighted by Crippen LogP contribution is -2.30. The van der Waals surface area contributed by atoms with Crippen LogP contribution in [0.2, 0.25) is 0 Å². The van der Waals surface area contributed by atoms with E-state index in [0.29, 0.717) is 5.75 Å². The van der Waals surface area contributed by atoms with E-state index in [9.17, 15) is 8.42 Å². The predicted molar refractivity (Wildman–Crippen MR) is 85.5 cm³/mol. The van der Waals surface area contributed by atoms with Gasteiger partial charge in [-0.25, -0.2) is 8.42 Å². The van der Waals surface area contributed by atoms with Crippen molar-refractivity contribution in [2.24, 2.45) is 5.92 Å². The van der Waals surface area contributed by atoms with Gasteiger partial charge in [-0.15, -0.1) is 0 Å². The van der Waals surface area contributed by atoms with E-state index in [1.54, 1.807) is 7.11 Å². The minimum Gasteiger partial charge on any atom is -0.496 e. The quantitative estimate of drug-likeness (QED) is 0.877. The fourth-order valence-corrected chi connectivity index (χ4v) is 4.85. The van der Waals surface area contributed by atoms with Gasteiger partial charge in [0.15, 0.2) is 9.84 Å². The van der Waals surface area contributed by atoms with E-state index in [2.05, 4.69) is 18.3 Å². The maximum absolute atomic E-state index is 11.8. The predicted octanol–water partition coefficient (Wildman–Crippen LogP) is 2.48. The van der Waals surface area contributed by atoms with Crippen LogP contribution in [0.5, 0.6) is 5.75 Å². The highest BCUT2D eigenvalue weighted by atomic mass is 32.2. The first-order chi connectivity index (χ1) is 9.96. The standard InChI is InChI=1S/C16H25NO3S/c1-4-8-17-16(13-7-9-21(18,19)11-13)14-10-12(2)5-6-15(14)20-3/h5-6,10,13,16-17H,4,7-9,11H2,1-3H3. The molecule has 21 heavy (non-hydrogen) atoms. The van der Waals surface area contributed by atoms with Gasteiger partial charge in [0.05, 0.1) is 18.6 Å². The molecule has 0 aliphatic carbocycles. The molecule has 1 aromatic rings. The van der Waals surface area contributed by atoms with Gasteiger partial charge >= 0.3 is 0 Å². The highest BCUT2D eigenvalue weighted by Gasteiger charge is 2.35. The number of rotatable bonds is 6. The van der Waals surface area contributed by atoms with Crippen molar-refractivity contribution in [2.45, 2.75) is 32.7 Å². The van der Waals surface area contributed by atoms with Crippen LogP contribution in [0.25, 0.3) is 0 Å². The molecule has 0 bridgehead atoms. The van der Waals surface area contributed by atoms with Gasteiger partial charge in [-0.1, -0.05) is 24.6 Å². The van der Waals surface area contributed by atoms with E-state index in [1.807, 2.05) is 19.1 Å². The summed E-state index contributed by atoms with van der Waals surface area (Å²) in [5.41, 5.74) is 2.24. The van der Waals surface area contributed by atoms with Crippen LogP contribution in [-0.2, 0) is 9.84 Å². The molecule has 1 aliphatic heterocycles. The molecule has 2 unspecified atom stereocenters. The van der Waals surface area contributed by atoms with Crippen molar-refractivity contribution < 1.29 is 13.2 Å². The Labute approximate surface area is 127 Å². The number of nitrogens with one attached hydrogen (secondary N) is 1. The molecule has 118 valence electrons. The first kappa shape index (κ1) is 16.3. The summed E-state index contributed by atoms with van der Waals surface area (Å²) in [6.07, 6.45) is 1.74. The first-order valence-corrected chi connectivity index (χ1v) is 9.37. The molecule has 1 saturated heterocycles. The molecule has 2 rings (SSSR count). The van der Waals surface area contributed by atoms with Crippen LogP contribution >= 0.6 is 0 Å². The maximum atomic E-state index is 11.8. The average Bonchev–Trinajstić information content (AvgIpc) is 2.80. The summed E-state index contributed by atoms with van der Waals surface area (Å²) in [4.78, 5) is 0. The Hall–Kier alpha value is -1.07. The lowest BCUT2D eigenvalue weighted by Gasteiger charge is -2.26. The van der Waals surface area contributed by atoms with Gasteiger partial charge in [0.25, 0.3) is 0 Å². The van der Waals surface area contributed by atoms with Gasteiger partial charge in [-0.2, -0.15) is 0 Å². The lowest BCUT2D eigenvalue weighted by molar-refractivity contribution is 0.360. The van der Waals surface area contributed by atoms with Crippen molar-refractivity contribution >= 4 is 9.84 Å². The average molecular weight is 311 g/mol. The molecule has 0 amide bonds. The summed E-state index contributed by atoms with van der Waals surface area (Å²) < 4.78 is 29.1. The van der Waals surface area contributed by atoms with Crippen LogP contribution in [0.3, 0.4) is 0 Å². The third-order valence-electron chi connectivity index (χ3n) is 4.07. The van der Waals surface area contributed by atoms with Crippen LogP contribution in [0.4, 0.5) is 0 Å². The second-order valence-electron chi connectivity index (χ2n) is 5.84. The van der Waals surface area contributed by atoms with Crippen LogP contribution in [0.1, 0.15) is 36.9 Å². The van der Waals surface area contributed by atoms with Gasteiger partial charge in [0.2, 0.25) is 0 Å². The second-order valence-corrected chi connectivity index (χ2v) is 8.07. The van der Waals surface area contributed by atoms with Crippen molar-refractivity contribution in [1.82, 2.24) is 5.32 Å². The Kier molecular flexibility index (Phi) is 5.27. The Morgan fingerprint density at radius 2 is 2.19 bits per heavy atom. The monoisotopic (exact) mass is 311 g/mol. The molecule has 0 aromatic heterocycles. The molecule has 2 atom stereocenters. The zero-order valence-corrected chi connectivity index (χ0v) is 13.9. The third-order valence-corrected chi connectivity index (χ3v) is 5.87. The van der Waals surface area contributed by atoms with Crippen LogP contribution in [0.15, 0.2) is 18.2 Å². The highest BCUT2D eigenvalue weighted by Crippen LogP contribution is 2.36. The molecule has 0 spiro atoms. The van der Waals surface area contributed by atoms with Gasteiger partial charge in [0, 0.05) is 11.6 Å². The molecule has 0 radical (unpaired) electrons. The van der Waals surface area contributed by atoms with Gasteiger partial charge in [-0.05, 0) is 38.3 Å². The fraction of sp³-hybridized carbons (Fsp3) is 0.625. The SMILES string of the molecule is CCCNC(c1cc(C)ccc1OC)C1CCS(=O)(=O)C1. The second kappa shape index (κ2) is 6.79. The summed E-state index contributed by atoms with van der Waals surface area (Å²) >= 11 is 0. The smallest absolute Gasteiger partial charge is 0.150 e. The van der Waals surface area contributed by atoms with E-state index in [1.165, 1.54) is 0 Å². The zero-order chi connectivity index (χ0) is 15.5. The number of ether oxygens (including phenoxy) is 1. The molecule has 1 fully saturated rings. The molecule has 5 heteroatoms. The topological polar surface area (TPSA) is 55.4 Å². The number of hydrogen-bond donors (Lipinski definition) is 1. The molecule has 1 aliphatic rings. The zero-order valence-electron chi connectivity index (χ0n) is 13.1. The van der Waals surface area contributed by atoms with E-state index < -0.39 is 9.84 Å². The molecular weight excluding hydrogens is 286 g/mol. The maximum Gasteiger partial charge on any atom is 0.150 e. The summed E-state index contributed by atoms with van der Waals surface area (Å²) in [6.45, 7) is 5.03. The van der Waals surface area contributed by atoms with E-state index in [-0.39, 0.29) is 17.7 Å². The number of sulfone groups is 1. The molecule has 1 N–H and O–H groups in total. The lowest BCUT2D eigenvalue weighted by atomic mass is 9.90. The van der Waals surface area contributed by atoms with Crippen molar-refractivity contribution in [3.8, 4) is 5.75 Å². The van der Waals surface area contributed by atoms with Crippen LogP contribution < -0.4 is 10.1 Å². The molecule has 4 nitrogen and oxygen atoms in total. The van der Waals surface area contributed by atoms with Gasteiger partial charge in [0.1, 0.15) is 5.75 Å². The van der Waals surface area contributed by atoms with E-state index in [4.69, 9.17) is 4.74 Å². The molecule has 0 saturated carbocycles. The largest absolute Gasteiger partial charge is 0.496 e. The Balaban J connectivity index is 2.34. The van der Waals surface area contributed by atoms with Crippen molar-refractivity contribution in [2.75, 3.05) is 25.2 Å². The fourth-order valence-electron chi connectivity index (χ4n) is 3.01. The third kappa shape index (κ3) is 3.98. The Bertz CT molecular complexity index is 583. The van der Waals surface area contributed by atoms with Gasteiger partial charge in [-0.3, -0.25) is 0 Å². The highest BCUT2D eigenvalue weighted by molar-refractivity contribution is 7.91. The van der Waals surface area contributed by atoms with Crippen molar-refractivity contribution in [3.05, 3.63) is 29.3 Å². The van der Waals surface area contributed by atoms with Crippen molar-refractivity contribution in [1.29, 1.82) is 0 Å². The Morgan fingerprint density at radius 3 is 2.76 bits per heavy atom. The van der Waals surface area contributed by atoms with Crippen LogP contribution in [-0.4, -0.2) is 33.6 Å². The van der Waals surface area contributed by atoms with Crippen molar-refractivity contribution in [3.63, 3.8) is 0 Å². The number of hydrogen-bond acceptors (Lipinski definition) is 4. The number of methoxy groups -OCH3 is 1. The Morgan fingerprint density at radius 1 is 1.43 bits per heavy atom. The molecule has 1 aromatic carbocycles. The molecule has 1 heterocycles. The molecular formula is C16H25NO3S. The summed E-state index contributed by atoms with van der Waals surface area (Å²) in [7, 11) is -1.22. The van der Waals surface area contributed by atoms with Crippen LogP contribution in [0, 0.1) is 12.8 Å². The number of aryl methyl sites for hydroxylation is 1. The summed E-state index contributed by atoms with van der Waals surface area (Å²) in [6, 6.07) is 6.13. The number of benzene rings is 1. The first-order valence-electron chi connectivity index (χ1n) is 7.55. The minimum atomic E-state index is -2.88. The minimum absolute atomic E-state index is 0.0390.